The topological polar surface area (TPSA) is 94.4 Å². The van der Waals surface area contributed by atoms with Crippen molar-refractivity contribution in [1.29, 1.82) is 0 Å². The van der Waals surface area contributed by atoms with Gasteiger partial charge >= 0.3 is 0 Å². The number of carbonyl (C=O) groups excluding carboxylic acids is 1. The standard InChI is InChI=1S/C19H25ClN4O4S2/c1-4-24(14-9-10-30(26,27)12-14)18(25)13(2)29-19-22-21-17(23(19)3)11-28-16-8-6-5-7-15(16)20/h5-8,13-14H,4,9-12H2,1-3H3. The van der Waals surface area contributed by atoms with Crippen molar-refractivity contribution in [2.45, 2.75) is 43.3 Å². The summed E-state index contributed by atoms with van der Waals surface area (Å²) in [5, 5.41) is 9.01. The minimum Gasteiger partial charge on any atom is -0.484 e. The van der Waals surface area contributed by atoms with Gasteiger partial charge in [0.1, 0.15) is 12.4 Å². The molecule has 0 saturated carbocycles. The number of amides is 1. The lowest BCUT2D eigenvalue weighted by Crippen LogP contribution is -2.44. The monoisotopic (exact) mass is 472 g/mol. The van der Waals surface area contributed by atoms with Crippen molar-refractivity contribution in [2.24, 2.45) is 7.05 Å². The Morgan fingerprint density at radius 3 is 2.77 bits per heavy atom. The Balaban J connectivity index is 1.63. The SMILES string of the molecule is CCN(C(=O)C(C)Sc1nnc(COc2ccccc2Cl)n1C)C1CCS(=O)(=O)C1. The highest BCUT2D eigenvalue weighted by molar-refractivity contribution is 8.00. The zero-order chi connectivity index (χ0) is 21.9. The molecular formula is C19H25ClN4O4S2. The fourth-order valence-electron chi connectivity index (χ4n) is 3.33. The Morgan fingerprint density at radius 1 is 1.40 bits per heavy atom. The van der Waals surface area contributed by atoms with Gasteiger partial charge in [-0.15, -0.1) is 10.2 Å². The van der Waals surface area contributed by atoms with Crippen LogP contribution in [0, 0.1) is 0 Å². The first-order valence-electron chi connectivity index (χ1n) is 9.65. The van der Waals surface area contributed by atoms with Crippen molar-refractivity contribution in [3.8, 4) is 5.75 Å². The van der Waals surface area contributed by atoms with Gasteiger partial charge in [-0.3, -0.25) is 4.79 Å². The summed E-state index contributed by atoms with van der Waals surface area (Å²) in [5.74, 6) is 1.25. The van der Waals surface area contributed by atoms with Gasteiger partial charge in [0, 0.05) is 19.6 Å². The van der Waals surface area contributed by atoms with Crippen LogP contribution >= 0.6 is 23.4 Å². The first-order valence-corrected chi connectivity index (χ1v) is 12.7. The molecule has 0 radical (unpaired) electrons. The average Bonchev–Trinajstić information content (AvgIpc) is 3.24. The summed E-state index contributed by atoms with van der Waals surface area (Å²) in [6, 6.07) is 6.93. The van der Waals surface area contributed by atoms with Crippen LogP contribution in [-0.2, 0) is 28.3 Å². The first kappa shape index (κ1) is 22.9. The van der Waals surface area contributed by atoms with Crippen molar-refractivity contribution in [1.82, 2.24) is 19.7 Å². The van der Waals surface area contributed by atoms with Gasteiger partial charge in [0.2, 0.25) is 5.91 Å². The van der Waals surface area contributed by atoms with Crippen LogP contribution in [0.15, 0.2) is 29.4 Å². The lowest BCUT2D eigenvalue weighted by molar-refractivity contribution is -0.131. The molecule has 164 valence electrons. The molecule has 0 bridgehead atoms. The van der Waals surface area contributed by atoms with Gasteiger partial charge < -0.3 is 14.2 Å². The second-order valence-electron chi connectivity index (χ2n) is 7.12. The summed E-state index contributed by atoms with van der Waals surface area (Å²) in [5.41, 5.74) is 0. The first-order chi connectivity index (χ1) is 14.2. The molecule has 0 spiro atoms. The Bertz CT molecular complexity index is 1010. The van der Waals surface area contributed by atoms with Crippen LogP contribution < -0.4 is 4.74 Å². The molecule has 0 aliphatic carbocycles. The summed E-state index contributed by atoms with van der Waals surface area (Å²) in [7, 11) is -1.24. The predicted octanol–water partition coefficient (Wildman–Crippen LogP) is 2.56. The van der Waals surface area contributed by atoms with E-state index in [-0.39, 0.29) is 30.1 Å². The van der Waals surface area contributed by atoms with Crippen molar-refractivity contribution in [3.05, 3.63) is 35.1 Å². The minimum absolute atomic E-state index is 0.0391. The molecule has 2 unspecified atom stereocenters. The van der Waals surface area contributed by atoms with Crippen LogP contribution in [0.4, 0.5) is 0 Å². The lowest BCUT2D eigenvalue weighted by atomic mass is 10.2. The molecule has 1 aromatic heterocycles. The molecule has 3 rings (SSSR count). The van der Waals surface area contributed by atoms with Gasteiger partial charge in [-0.25, -0.2) is 8.42 Å². The van der Waals surface area contributed by atoms with E-state index in [2.05, 4.69) is 10.2 Å². The summed E-state index contributed by atoms with van der Waals surface area (Å²) < 4.78 is 31.1. The highest BCUT2D eigenvalue weighted by Gasteiger charge is 2.35. The predicted molar refractivity (Wildman–Crippen MR) is 117 cm³/mol. The Kier molecular flexibility index (Phi) is 7.30. The van der Waals surface area contributed by atoms with Crippen LogP contribution in [0.2, 0.25) is 5.02 Å². The van der Waals surface area contributed by atoms with Gasteiger partial charge in [0.15, 0.2) is 20.8 Å². The number of hydrogen-bond donors (Lipinski definition) is 0. The van der Waals surface area contributed by atoms with Crippen LogP contribution in [0.5, 0.6) is 5.75 Å². The number of thioether (sulfide) groups is 1. The molecule has 1 amide bonds. The van der Waals surface area contributed by atoms with Gasteiger partial charge in [-0.2, -0.15) is 0 Å². The lowest BCUT2D eigenvalue weighted by Gasteiger charge is -2.29. The third-order valence-corrected chi connectivity index (χ3v) is 8.21. The van der Waals surface area contributed by atoms with E-state index in [1.807, 2.05) is 26.1 Å². The molecule has 1 saturated heterocycles. The maximum Gasteiger partial charge on any atom is 0.236 e. The summed E-state index contributed by atoms with van der Waals surface area (Å²) >= 11 is 7.40. The van der Waals surface area contributed by atoms with Crippen molar-refractivity contribution in [3.63, 3.8) is 0 Å². The zero-order valence-electron chi connectivity index (χ0n) is 17.1. The average molecular weight is 473 g/mol. The molecule has 30 heavy (non-hydrogen) atoms. The van der Waals surface area contributed by atoms with Crippen LogP contribution in [0.25, 0.3) is 0 Å². The number of carbonyl (C=O) groups is 1. The number of aromatic nitrogens is 3. The number of rotatable bonds is 8. The summed E-state index contributed by atoms with van der Waals surface area (Å²) in [6.45, 7) is 4.33. The zero-order valence-corrected chi connectivity index (χ0v) is 19.5. The van der Waals surface area contributed by atoms with E-state index < -0.39 is 15.1 Å². The number of hydrogen-bond acceptors (Lipinski definition) is 7. The minimum atomic E-state index is -3.05. The number of para-hydroxylation sites is 1. The number of sulfone groups is 1. The molecule has 2 atom stereocenters. The largest absolute Gasteiger partial charge is 0.484 e. The maximum absolute atomic E-state index is 13.0. The van der Waals surface area contributed by atoms with Crippen LogP contribution in [0.1, 0.15) is 26.1 Å². The maximum atomic E-state index is 13.0. The van der Waals surface area contributed by atoms with Crippen LogP contribution in [-0.4, -0.2) is 63.3 Å². The van der Waals surface area contributed by atoms with Gasteiger partial charge in [-0.1, -0.05) is 35.5 Å². The molecule has 1 aliphatic heterocycles. The normalized spacial score (nSPS) is 18.9. The van der Waals surface area contributed by atoms with E-state index >= 15 is 0 Å². The van der Waals surface area contributed by atoms with E-state index in [1.54, 1.807) is 28.5 Å². The van der Waals surface area contributed by atoms with E-state index in [4.69, 9.17) is 16.3 Å². The molecular weight excluding hydrogens is 448 g/mol. The smallest absolute Gasteiger partial charge is 0.236 e. The highest BCUT2D eigenvalue weighted by Crippen LogP contribution is 2.27. The quantitative estimate of drug-likeness (QED) is 0.545. The number of benzene rings is 1. The molecule has 8 nitrogen and oxygen atoms in total. The summed E-state index contributed by atoms with van der Waals surface area (Å²) in [4.78, 5) is 14.6. The third-order valence-electron chi connectivity index (χ3n) is 5.02. The van der Waals surface area contributed by atoms with Crippen molar-refractivity contribution < 1.29 is 17.9 Å². The highest BCUT2D eigenvalue weighted by atomic mass is 35.5. The molecule has 11 heteroatoms. The number of halogens is 1. The fraction of sp³-hybridized carbons (Fsp3) is 0.526. The van der Waals surface area contributed by atoms with E-state index in [0.29, 0.717) is 34.7 Å². The molecule has 1 fully saturated rings. The van der Waals surface area contributed by atoms with Crippen molar-refractivity contribution >= 4 is 39.1 Å². The second-order valence-corrected chi connectivity index (χ2v) is 11.1. The molecule has 2 aromatic rings. The Labute approximate surface area is 185 Å². The van der Waals surface area contributed by atoms with Gasteiger partial charge in [0.05, 0.1) is 21.8 Å². The van der Waals surface area contributed by atoms with E-state index in [0.717, 1.165) is 0 Å². The number of ether oxygens (including phenoxy) is 1. The van der Waals surface area contributed by atoms with Gasteiger partial charge in [0.25, 0.3) is 0 Å². The van der Waals surface area contributed by atoms with E-state index in [9.17, 15) is 13.2 Å². The summed E-state index contributed by atoms with van der Waals surface area (Å²) in [6.07, 6.45) is 0.493. The Morgan fingerprint density at radius 2 is 2.13 bits per heavy atom. The molecule has 1 aromatic carbocycles. The molecule has 1 aliphatic rings. The third kappa shape index (κ3) is 5.28. The number of nitrogens with zero attached hydrogens (tertiary/aromatic N) is 4. The van der Waals surface area contributed by atoms with Crippen molar-refractivity contribution in [2.75, 3.05) is 18.1 Å². The van der Waals surface area contributed by atoms with E-state index in [1.165, 1.54) is 11.8 Å². The van der Waals surface area contributed by atoms with Gasteiger partial charge in [-0.05, 0) is 32.4 Å². The second kappa shape index (κ2) is 9.57. The fourth-order valence-corrected chi connectivity index (χ4v) is 6.16. The van der Waals surface area contributed by atoms with Crippen LogP contribution in [0.3, 0.4) is 0 Å². The Hall–Kier alpha value is -1.78. The molecule has 2 heterocycles. The molecule has 0 N–H and O–H groups in total.